The third-order valence-electron chi connectivity index (χ3n) is 1.57. The van der Waals surface area contributed by atoms with Crippen molar-refractivity contribution in [3.63, 3.8) is 0 Å². The molecule has 0 aromatic heterocycles. The lowest BCUT2D eigenvalue weighted by Gasteiger charge is -2.09. The molecule has 0 fully saturated rings. The molecule has 2 nitrogen and oxygen atoms in total. The van der Waals surface area contributed by atoms with Crippen molar-refractivity contribution in [1.29, 1.82) is 0 Å². The fraction of sp³-hybridized carbons (Fsp3) is 0.250. The molecular formula is C8H11Cl3N2. The second-order valence-electron chi connectivity index (χ2n) is 2.54. The Kier molecular flexibility index (Phi) is 5.68. The van der Waals surface area contributed by atoms with Crippen LogP contribution in [-0.4, -0.2) is 6.54 Å². The monoisotopic (exact) mass is 240 g/mol. The van der Waals surface area contributed by atoms with Crippen molar-refractivity contribution in [3.05, 3.63) is 33.8 Å². The third kappa shape index (κ3) is 3.71. The van der Waals surface area contributed by atoms with E-state index < -0.39 is 0 Å². The van der Waals surface area contributed by atoms with Crippen LogP contribution >= 0.6 is 35.6 Å². The number of halogens is 3. The highest BCUT2D eigenvalue weighted by molar-refractivity contribution is 6.34. The molecule has 0 saturated heterocycles. The van der Waals surface area contributed by atoms with Gasteiger partial charge in [-0.25, -0.2) is 0 Å². The first-order valence-electron chi connectivity index (χ1n) is 3.55. The maximum absolute atomic E-state index is 5.77. The first-order valence-corrected chi connectivity index (χ1v) is 4.30. The number of benzene rings is 1. The van der Waals surface area contributed by atoms with Gasteiger partial charge in [-0.3, -0.25) is 0 Å². The Bertz CT molecular complexity index is 258. The van der Waals surface area contributed by atoms with Crippen LogP contribution in [0.4, 0.5) is 0 Å². The number of nitrogens with two attached hydrogens (primary N) is 2. The van der Waals surface area contributed by atoms with Crippen LogP contribution in [0, 0.1) is 0 Å². The predicted molar refractivity (Wildman–Crippen MR) is 59.7 cm³/mol. The molecule has 0 spiro atoms. The lowest BCUT2D eigenvalue weighted by molar-refractivity contribution is 0.737. The molecule has 0 aliphatic rings. The molecule has 0 amide bonds. The molecule has 5 heteroatoms. The van der Waals surface area contributed by atoms with Crippen LogP contribution in [0.25, 0.3) is 0 Å². The Balaban J connectivity index is 0.00000144. The Labute approximate surface area is 93.6 Å². The molecule has 1 rings (SSSR count). The first kappa shape index (κ1) is 13.0. The molecule has 4 N–H and O–H groups in total. The Morgan fingerprint density at radius 3 is 2.00 bits per heavy atom. The summed E-state index contributed by atoms with van der Waals surface area (Å²) in [7, 11) is 0. The average Bonchev–Trinajstić information content (AvgIpc) is 2.01. The van der Waals surface area contributed by atoms with Crippen LogP contribution in [0.1, 0.15) is 11.6 Å². The second kappa shape index (κ2) is 5.68. The van der Waals surface area contributed by atoms with Gasteiger partial charge < -0.3 is 11.5 Å². The number of hydrogen-bond donors (Lipinski definition) is 2. The Morgan fingerprint density at radius 1 is 1.15 bits per heavy atom. The lowest BCUT2D eigenvalue weighted by Crippen LogP contribution is -2.20. The van der Waals surface area contributed by atoms with E-state index in [1.165, 1.54) is 0 Å². The van der Waals surface area contributed by atoms with Crippen LogP contribution < -0.4 is 11.5 Å². The number of rotatable bonds is 2. The summed E-state index contributed by atoms with van der Waals surface area (Å²) in [4.78, 5) is 0. The molecule has 1 atom stereocenters. The number of hydrogen-bond acceptors (Lipinski definition) is 2. The second-order valence-corrected chi connectivity index (χ2v) is 3.42. The van der Waals surface area contributed by atoms with Gasteiger partial charge in [0.05, 0.1) is 0 Å². The maximum atomic E-state index is 5.77. The van der Waals surface area contributed by atoms with E-state index in [0.29, 0.717) is 16.6 Å². The van der Waals surface area contributed by atoms with Crippen molar-refractivity contribution in [2.75, 3.05) is 6.54 Å². The van der Waals surface area contributed by atoms with Gasteiger partial charge in [-0.2, -0.15) is 0 Å². The fourth-order valence-corrected chi connectivity index (χ4v) is 1.47. The molecule has 74 valence electrons. The van der Waals surface area contributed by atoms with Gasteiger partial charge >= 0.3 is 0 Å². The third-order valence-corrected chi connectivity index (χ3v) is 2.00. The highest BCUT2D eigenvalue weighted by Crippen LogP contribution is 2.21. The van der Waals surface area contributed by atoms with Gasteiger partial charge in [0.15, 0.2) is 0 Å². The zero-order chi connectivity index (χ0) is 9.14. The summed E-state index contributed by atoms with van der Waals surface area (Å²) in [5.74, 6) is 0. The highest BCUT2D eigenvalue weighted by atomic mass is 35.5. The topological polar surface area (TPSA) is 52.0 Å². The summed E-state index contributed by atoms with van der Waals surface area (Å²) < 4.78 is 0. The molecule has 0 radical (unpaired) electrons. The molecule has 13 heavy (non-hydrogen) atoms. The summed E-state index contributed by atoms with van der Waals surface area (Å²) in [6, 6.07) is 5.01. The summed E-state index contributed by atoms with van der Waals surface area (Å²) in [6.45, 7) is 0.386. The van der Waals surface area contributed by atoms with Crippen molar-refractivity contribution < 1.29 is 0 Å². The quantitative estimate of drug-likeness (QED) is 0.835. The first-order chi connectivity index (χ1) is 5.63. The molecule has 0 bridgehead atoms. The van der Waals surface area contributed by atoms with E-state index in [1.54, 1.807) is 18.2 Å². The largest absolute Gasteiger partial charge is 0.329 e. The van der Waals surface area contributed by atoms with Crippen molar-refractivity contribution in [1.82, 2.24) is 0 Å². The van der Waals surface area contributed by atoms with Crippen molar-refractivity contribution in [2.45, 2.75) is 6.04 Å². The van der Waals surface area contributed by atoms with Crippen LogP contribution in [0.3, 0.4) is 0 Å². The molecule has 0 aliphatic carbocycles. The summed E-state index contributed by atoms with van der Waals surface area (Å²) in [6.07, 6.45) is 0. The van der Waals surface area contributed by atoms with Crippen molar-refractivity contribution >= 4 is 35.6 Å². The van der Waals surface area contributed by atoms with Crippen molar-refractivity contribution in [2.24, 2.45) is 11.5 Å². The van der Waals surface area contributed by atoms with Gasteiger partial charge in [0.2, 0.25) is 0 Å². The van der Waals surface area contributed by atoms with Crippen LogP contribution in [-0.2, 0) is 0 Å². The molecular weight excluding hydrogens is 230 g/mol. The van der Waals surface area contributed by atoms with Crippen molar-refractivity contribution in [3.8, 4) is 0 Å². The lowest BCUT2D eigenvalue weighted by atomic mass is 10.1. The predicted octanol–water partition coefficient (Wildman–Crippen LogP) is 2.37. The van der Waals surface area contributed by atoms with Crippen LogP contribution in [0.5, 0.6) is 0 Å². The Hall–Kier alpha value is 0.01000. The van der Waals surface area contributed by atoms with Crippen LogP contribution in [0.15, 0.2) is 18.2 Å². The van der Waals surface area contributed by atoms with Gasteiger partial charge in [0.1, 0.15) is 0 Å². The van der Waals surface area contributed by atoms with E-state index in [0.717, 1.165) is 5.56 Å². The minimum atomic E-state index is -0.193. The van der Waals surface area contributed by atoms with E-state index in [-0.39, 0.29) is 18.4 Å². The smallest absolute Gasteiger partial charge is 0.0424 e. The van der Waals surface area contributed by atoms with E-state index in [4.69, 9.17) is 34.7 Å². The van der Waals surface area contributed by atoms with Gasteiger partial charge in [0, 0.05) is 22.6 Å². The SMILES string of the molecule is Cl.NC[C@H](N)c1cc(Cl)cc(Cl)c1. The van der Waals surface area contributed by atoms with Crippen LogP contribution in [0.2, 0.25) is 10.0 Å². The zero-order valence-electron chi connectivity index (χ0n) is 6.84. The fourth-order valence-electron chi connectivity index (χ4n) is 0.925. The highest BCUT2D eigenvalue weighted by Gasteiger charge is 2.05. The van der Waals surface area contributed by atoms with E-state index in [2.05, 4.69) is 0 Å². The van der Waals surface area contributed by atoms with Gasteiger partial charge in [-0.1, -0.05) is 23.2 Å². The summed E-state index contributed by atoms with van der Waals surface area (Å²) in [5.41, 5.74) is 12.0. The van der Waals surface area contributed by atoms with E-state index >= 15 is 0 Å². The summed E-state index contributed by atoms with van der Waals surface area (Å²) in [5, 5.41) is 1.17. The van der Waals surface area contributed by atoms with E-state index in [9.17, 15) is 0 Å². The molecule has 0 saturated carbocycles. The van der Waals surface area contributed by atoms with Gasteiger partial charge in [-0.15, -0.1) is 12.4 Å². The zero-order valence-corrected chi connectivity index (χ0v) is 9.16. The normalized spacial score (nSPS) is 12.0. The maximum Gasteiger partial charge on any atom is 0.0424 e. The van der Waals surface area contributed by atoms with E-state index in [1.807, 2.05) is 0 Å². The molecule has 0 unspecified atom stereocenters. The molecule has 1 aromatic rings. The molecule has 1 aromatic carbocycles. The minimum Gasteiger partial charge on any atom is -0.329 e. The Morgan fingerprint density at radius 2 is 1.62 bits per heavy atom. The van der Waals surface area contributed by atoms with Gasteiger partial charge in [0.25, 0.3) is 0 Å². The molecule has 0 heterocycles. The summed E-state index contributed by atoms with van der Waals surface area (Å²) >= 11 is 11.5. The standard InChI is InChI=1S/C8H10Cl2N2.ClH/c9-6-1-5(8(12)4-11)2-7(10)3-6;/h1-3,8H,4,11-12H2;1H/t8-;/m0./s1. The molecule has 0 aliphatic heterocycles. The van der Waals surface area contributed by atoms with Gasteiger partial charge in [-0.05, 0) is 23.8 Å². The minimum absolute atomic E-state index is 0. The average molecular weight is 242 g/mol.